The number of nitrogens with one attached hydrogen (secondary N) is 1. The van der Waals surface area contributed by atoms with Crippen LogP contribution in [0, 0.1) is 11.3 Å². The van der Waals surface area contributed by atoms with Crippen LogP contribution in [0.1, 0.15) is 48.6 Å². The van der Waals surface area contributed by atoms with Crippen molar-refractivity contribution in [1.29, 1.82) is 5.26 Å². The number of nitrogens with zero attached hydrogens (tertiary/aromatic N) is 2. The van der Waals surface area contributed by atoms with Gasteiger partial charge in [0.2, 0.25) is 5.91 Å². The van der Waals surface area contributed by atoms with Crippen LogP contribution in [-0.2, 0) is 22.4 Å². The second kappa shape index (κ2) is 8.11. The monoisotopic (exact) mass is 347 g/mol. The molecule has 24 heavy (non-hydrogen) atoms. The molecule has 0 aromatic carbocycles. The number of ether oxygens (including phenoxy) is 1. The van der Waals surface area contributed by atoms with Crippen LogP contribution < -0.4 is 5.32 Å². The number of amides is 1. The number of aryl methyl sites for hydroxylation is 1. The van der Waals surface area contributed by atoms with Gasteiger partial charge in [0, 0.05) is 30.9 Å². The van der Waals surface area contributed by atoms with E-state index in [4.69, 9.17) is 4.74 Å². The molecule has 5 nitrogen and oxygen atoms in total. The van der Waals surface area contributed by atoms with Crippen molar-refractivity contribution >= 4 is 22.2 Å². The highest BCUT2D eigenvalue weighted by molar-refractivity contribution is 7.16. The molecular formula is C18H25N3O2S. The second-order valence-electron chi connectivity index (χ2n) is 6.66. The van der Waals surface area contributed by atoms with Gasteiger partial charge in [-0.25, -0.2) is 0 Å². The highest BCUT2D eigenvalue weighted by Gasteiger charge is 2.22. The Labute approximate surface area is 147 Å². The number of nitriles is 1. The Bertz CT molecular complexity index is 635. The number of morpholine rings is 1. The summed E-state index contributed by atoms with van der Waals surface area (Å²) in [7, 11) is 0. The third kappa shape index (κ3) is 4.15. The maximum atomic E-state index is 12.3. The Morgan fingerprint density at radius 2 is 2.25 bits per heavy atom. The molecule has 1 amide bonds. The van der Waals surface area contributed by atoms with Gasteiger partial charge in [-0.2, -0.15) is 5.26 Å². The van der Waals surface area contributed by atoms with Gasteiger partial charge in [0.25, 0.3) is 0 Å². The summed E-state index contributed by atoms with van der Waals surface area (Å²) in [4.78, 5) is 15.9. The van der Waals surface area contributed by atoms with Gasteiger partial charge in [0.15, 0.2) is 0 Å². The van der Waals surface area contributed by atoms with Gasteiger partial charge in [-0.1, -0.05) is 6.42 Å². The number of carbonyl (C=O) groups is 1. The SMILES string of the molecule is C[C@@H]1CN(CCC(=O)Nc2sc3c(c2C#N)CCCCC3)CCO1. The molecule has 0 saturated carbocycles. The lowest BCUT2D eigenvalue weighted by Crippen LogP contribution is -2.42. The smallest absolute Gasteiger partial charge is 0.226 e. The molecule has 0 bridgehead atoms. The van der Waals surface area contributed by atoms with Crippen LogP contribution in [0.2, 0.25) is 0 Å². The topological polar surface area (TPSA) is 65.4 Å². The van der Waals surface area contributed by atoms with E-state index in [9.17, 15) is 10.1 Å². The van der Waals surface area contributed by atoms with Gasteiger partial charge in [-0.3, -0.25) is 9.69 Å². The predicted molar refractivity (Wildman–Crippen MR) is 95.4 cm³/mol. The summed E-state index contributed by atoms with van der Waals surface area (Å²) in [6.45, 7) is 5.30. The van der Waals surface area contributed by atoms with E-state index < -0.39 is 0 Å². The van der Waals surface area contributed by atoms with Gasteiger partial charge < -0.3 is 10.1 Å². The van der Waals surface area contributed by atoms with Crippen molar-refractivity contribution in [2.24, 2.45) is 0 Å². The van der Waals surface area contributed by atoms with Crippen molar-refractivity contribution in [3.8, 4) is 6.07 Å². The van der Waals surface area contributed by atoms with Crippen molar-refractivity contribution in [3.63, 3.8) is 0 Å². The van der Waals surface area contributed by atoms with E-state index in [2.05, 4.69) is 23.2 Å². The Hall–Kier alpha value is -1.42. The molecule has 1 aliphatic heterocycles. The first-order chi connectivity index (χ1) is 11.7. The van der Waals surface area contributed by atoms with Crippen LogP contribution in [0.4, 0.5) is 5.00 Å². The van der Waals surface area contributed by atoms with Crippen LogP contribution in [-0.4, -0.2) is 43.2 Å². The molecule has 1 aromatic heterocycles. The van der Waals surface area contributed by atoms with Crippen molar-refractivity contribution in [3.05, 3.63) is 16.0 Å². The molecular weight excluding hydrogens is 322 g/mol. The van der Waals surface area contributed by atoms with E-state index in [1.165, 1.54) is 23.3 Å². The standard InChI is InChI=1S/C18H25N3O2S/c1-13-12-21(9-10-23-13)8-7-17(22)20-18-15(11-19)14-5-3-2-4-6-16(14)24-18/h13H,2-10,12H2,1H3,(H,20,22)/t13-/m1/s1. The second-order valence-corrected chi connectivity index (χ2v) is 7.77. The summed E-state index contributed by atoms with van der Waals surface area (Å²) < 4.78 is 5.52. The molecule has 1 fully saturated rings. The number of carbonyl (C=O) groups excluding carboxylic acids is 1. The molecule has 3 rings (SSSR count). The van der Waals surface area contributed by atoms with Crippen LogP contribution in [0.5, 0.6) is 0 Å². The number of hydrogen-bond acceptors (Lipinski definition) is 5. The molecule has 1 N–H and O–H groups in total. The quantitative estimate of drug-likeness (QED) is 0.851. The van der Waals surface area contributed by atoms with Crippen molar-refractivity contribution in [1.82, 2.24) is 4.90 Å². The van der Waals surface area contributed by atoms with Gasteiger partial charge in [-0.05, 0) is 38.2 Å². The average Bonchev–Trinajstić information content (AvgIpc) is 2.73. The Morgan fingerprint density at radius 1 is 1.42 bits per heavy atom. The van der Waals surface area contributed by atoms with Crippen molar-refractivity contribution in [2.45, 2.75) is 51.6 Å². The molecule has 1 aromatic rings. The molecule has 2 heterocycles. The van der Waals surface area contributed by atoms with Gasteiger partial charge in [0.1, 0.15) is 11.1 Å². The van der Waals surface area contributed by atoms with E-state index >= 15 is 0 Å². The minimum atomic E-state index is 0.00190. The molecule has 1 atom stereocenters. The summed E-state index contributed by atoms with van der Waals surface area (Å²) >= 11 is 1.60. The molecule has 6 heteroatoms. The van der Waals surface area contributed by atoms with E-state index in [-0.39, 0.29) is 12.0 Å². The lowest BCUT2D eigenvalue weighted by Gasteiger charge is -2.30. The highest BCUT2D eigenvalue weighted by atomic mass is 32.1. The number of fused-ring (bicyclic) bond motifs is 1. The Kier molecular flexibility index (Phi) is 5.88. The maximum absolute atomic E-state index is 12.3. The summed E-state index contributed by atoms with van der Waals surface area (Å²) in [5.41, 5.74) is 1.88. The molecule has 130 valence electrons. The van der Waals surface area contributed by atoms with Crippen LogP contribution in [0.25, 0.3) is 0 Å². The minimum absolute atomic E-state index is 0.00190. The summed E-state index contributed by atoms with van der Waals surface area (Å²) in [5, 5.41) is 13.3. The van der Waals surface area contributed by atoms with Crippen LogP contribution >= 0.6 is 11.3 Å². The van der Waals surface area contributed by atoms with Crippen molar-refractivity contribution < 1.29 is 9.53 Å². The van der Waals surface area contributed by atoms with E-state index in [1.54, 1.807) is 11.3 Å². The number of anilines is 1. The van der Waals surface area contributed by atoms with Crippen molar-refractivity contribution in [2.75, 3.05) is 31.6 Å². The highest BCUT2D eigenvalue weighted by Crippen LogP contribution is 2.37. The normalized spacial score (nSPS) is 21.6. The molecule has 1 saturated heterocycles. The molecule has 1 aliphatic carbocycles. The number of hydrogen-bond donors (Lipinski definition) is 1. The Balaban J connectivity index is 1.59. The minimum Gasteiger partial charge on any atom is -0.376 e. The van der Waals surface area contributed by atoms with E-state index in [1.807, 2.05) is 0 Å². The largest absolute Gasteiger partial charge is 0.376 e. The zero-order valence-corrected chi connectivity index (χ0v) is 15.1. The summed E-state index contributed by atoms with van der Waals surface area (Å²) in [5.74, 6) is 0.00190. The van der Waals surface area contributed by atoms with Gasteiger partial charge in [0.05, 0.1) is 18.3 Å². The van der Waals surface area contributed by atoms with Gasteiger partial charge in [-0.15, -0.1) is 11.3 Å². The molecule has 0 radical (unpaired) electrons. The first-order valence-electron chi connectivity index (χ1n) is 8.86. The van der Waals surface area contributed by atoms with Crippen LogP contribution in [0.15, 0.2) is 0 Å². The average molecular weight is 347 g/mol. The predicted octanol–water partition coefficient (Wildman–Crippen LogP) is 2.94. The third-order valence-electron chi connectivity index (χ3n) is 4.77. The van der Waals surface area contributed by atoms with E-state index in [0.717, 1.165) is 50.5 Å². The first kappa shape index (κ1) is 17.4. The maximum Gasteiger partial charge on any atom is 0.226 e. The molecule has 0 unspecified atom stereocenters. The lowest BCUT2D eigenvalue weighted by atomic mass is 10.1. The zero-order chi connectivity index (χ0) is 16.9. The fraction of sp³-hybridized carbons (Fsp3) is 0.667. The zero-order valence-electron chi connectivity index (χ0n) is 14.3. The molecule has 2 aliphatic rings. The fourth-order valence-corrected chi connectivity index (χ4v) is 4.75. The Morgan fingerprint density at radius 3 is 3.04 bits per heavy atom. The summed E-state index contributed by atoms with van der Waals surface area (Å²) in [6, 6.07) is 2.32. The summed E-state index contributed by atoms with van der Waals surface area (Å²) in [6.07, 6.45) is 6.25. The van der Waals surface area contributed by atoms with Gasteiger partial charge >= 0.3 is 0 Å². The number of thiophene rings is 1. The van der Waals surface area contributed by atoms with Crippen LogP contribution in [0.3, 0.4) is 0 Å². The number of rotatable bonds is 4. The third-order valence-corrected chi connectivity index (χ3v) is 5.97. The van der Waals surface area contributed by atoms with E-state index in [0.29, 0.717) is 12.0 Å². The lowest BCUT2D eigenvalue weighted by molar-refractivity contribution is -0.117. The molecule has 0 spiro atoms. The fourth-order valence-electron chi connectivity index (χ4n) is 3.49. The first-order valence-corrected chi connectivity index (χ1v) is 9.67.